The van der Waals surface area contributed by atoms with Crippen LogP contribution in [0.3, 0.4) is 0 Å². The normalized spacial score (nSPS) is 12.5. The Morgan fingerprint density at radius 3 is 2.51 bits per heavy atom. The van der Waals surface area contributed by atoms with Crippen LogP contribution in [0.5, 0.6) is 0 Å². The van der Waals surface area contributed by atoms with Gasteiger partial charge in [0.25, 0.3) is 5.56 Å². The molecule has 0 saturated heterocycles. The zero-order valence-electron chi connectivity index (χ0n) is 18.5. The second-order valence-electron chi connectivity index (χ2n) is 7.94. The molecule has 11 heteroatoms. The molecule has 180 valence electrons. The van der Waals surface area contributed by atoms with Crippen molar-refractivity contribution in [3.05, 3.63) is 88.6 Å². The lowest BCUT2D eigenvalue weighted by molar-refractivity contribution is -0.137. The number of aromatic nitrogens is 4. The van der Waals surface area contributed by atoms with E-state index in [1.165, 1.54) is 25.3 Å². The molecule has 0 bridgehead atoms. The topological polar surface area (TPSA) is 98.9 Å². The first-order chi connectivity index (χ1) is 16.6. The van der Waals surface area contributed by atoms with E-state index in [2.05, 4.69) is 15.4 Å². The molecule has 2 aromatic heterocycles. The maximum absolute atomic E-state index is 13.1. The van der Waals surface area contributed by atoms with Crippen LogP contribution in [0.1, 0.15) is 18.1 Å². The van der Waals surface area contributed by atoms with Crippen LogP contribution < -0.4 is 10.9 Å². The Morgan fingerprint density at radius 1 is 1.09 bits per heavy atom. The van der Waals surface area contributed by atoms with Crippen molar-refractivity contribution in [2.24, 2.45) is 0 Å². The Labute approximate surface area is 197 Å². The number of amides is 1. The number of nitrogens with one attached hydrogen (secondary N) is 1. The number of hydrogen-bond donors (Lipinski definition) is 1. The summed E-state index contributed by atoms with van der Waals surface area (Å²) in [5.74, 6) is -0.792. The molecule has 35 heavy (non-hydrogen) atoms. The molecule has 0 aliphatic heterocycles. The van der Waals surface area contributed by atoms with E-state index in [0.717, 1.165) is 33.3 Å². The predicted octanol–water partition coefficient (Wildman–Crippen LogP) is 2.92. The minimum Gasteiger partial charge on any atom is -0.344 e. The maximum Gasteiger partial charge on any atom is 0.416 e. The van der Waals surface area contributed by atoms with Crippen LogP contribution in [-0.4, -0.2) is 37.1 Å². The van der Waals surface area contributed by atoms with Gasteiger partial charge in [-0.15, -0.1) is 0 Å². The van der Waals surface area contributed by atoms with Crippen molar-refractivity contribution in [2.75, 3.05) is 0 Å². The fraction of sp³-hybridized carbons (Fsp3) is 0.208. The van der Waals surface area contributed by atoms with Crippen molar-refractivity contribution in [3.63, 3.8) is 0 Å². The van der Waals surface area contributed by atoms with Gasteiger partial charge in [0.05, 0.1) is 23.5 Å². The van der Waals surface area contributed by atoms with Crippen molar-refractivity contribution in [1.29, 1.82) is 0 Å². The Hall–Kier alpha value is -4.28. The lowest BCUT2D eigenvalue weighted by atomic mass is 10.0. The van der Waals surface area contributed by atoms with Crippen molar-refractivity contribution in [3.8, 4) is 5.69 Å². The van der Waals surface area contributed by atoms with Gasteiger partial charge in [0.1, 0.15) is 18.3 Å². The molecule has 4 rings (SSSR count). The van der Waals surface area contributed by atoms with Crippen LogP contribution in [-0.2, 0) is 28.7 Å². The number of alkyl halides is 3. The van der Waals surface area contributed by atoms with E-state index in [0.29, 0.717) is 6.42 Å². The van der Waals surface area contributed by atoms with E-state index in [1.807, 2.05) is 30.3 Å². The molecule has 0 fully saturated rings. The number of fused-ring (bicyclic) bond motifs is 1. The maximum atomic E-state index is 13.1. The Bertz CT molecular complexity index is 1440. The largest absolute Gasteiger partial charge is 0.416 e. The van der Waals surface area contributed by atoms with Gasteiger partial charge in [-0.05, 0) is 37.1 Å². The van der Waals surface area contributed by atoms with Crippen molar-refractivity contribution >= 4 is 22.7 Å². The summed E-state index contributed by atoms with van der Waals surface area (Å²) in [6.45, 7) is 0.977. The standard InChI is InChI=1S/C24H20F3N5O3/c1-15(33)20(10-16-6-3-2-4-7-16)30-21(34)13-31-14-28-22-19(23(31)35)12-29-32(22)18-9-5-8-17(11-18)24(25,26)27/h2-9,11-12,14,20H,10,13H2,1H3,(H,30,34). The second kappa shape index (κ2) is 9.53. The molecule has 0 radical (unpaired) electrons. The number of hydrogen-bond acceptors (Lipinski definition) is 5. The van der Waals surface area contributed by atoms with E-state index in [-0.39, 0.29) is 22.5 Å². The zero-order valence-corrected chi connectivity index (χ0v) is 18.5. The molecule has 0 saturated carbocycles. The highest BCUT2D eigenvalue weighted by atomic mass is 19.4. The van der Waals surface area contributed by atoms with Crippen LogP contribution in [0.2, 0.25) is 0 Å². The molecule has 1 atom stereocenters. The number of halogens is 3. The van der Waals surface area contributed by atoms with Crippen molar-refractivity contribution < 1.29 is 22.8 Å². The lowest BCUT2D eigenvalue weighted by Gasteiger charge is -2.16. The van der Waals surface area contributed by atoms with Gasteiger partial charge in [-0.25, -0.2) is 9.67 Å². The number of Topliss-reactive ketones (excluding diaryl/α,β-unsaturated/α-hetero) is 1. The minimum atomic E-state index is -4.54. The van der Waals surface area contributed by atoms with Gasteiger partial charge < -0.3 is 5.32 Å². The third-order valence-corrected chi connectivity index (χ3v) is 5.40. The summed E-state index contributed by atoms with van der Waals surface area (Å²) in [5, 5.41) is 6.69. The first-order valence-corrected chi connectivity index (χ1v) is 10.6. The SMILES string of the molecule is CC(=O)C(Cc1ccccc1)NC(=O)Cn1cnc2c(cnn2-c2cccc(C(F)(F)F)c2)c1=O. The fourth-order valence-corrected chi connectivity index (χ4v) is 3.61. The third-order valence-electron chi connectivity index (χ3n) is 5.40. The molecule has 1 amide bonds. The van der Waals surface area contributed by atoms with E-state index in [9.17, 15) is 27.6 Å². The summed E-state index contributed by atoms with van der Waals surface area (Å²) < 4.78 is 41.4. The average molecular weight is 483 g/mol. The smallest absolute Gasteiger partial charge is 0.344 e. The third kappa shape index (κ3) is 5.29. The van der Waals surface area contributed by atoms with Crippen LogP contribution in [0.15, 0.2) is 71.9 Å². The molecular formula is C24H20F3N5O3. The van der Waals surface area contributed by atoms with E-state index in [1.54, 1.807) is 0 Å². The van der Waals surface area contributed by atoms with Gasteiger partial charge in [0, 0.05) is 0 Å². The highest BCUT2D eigenvalue weighted by molar-refractivity contribution is 5.87. The molecule has 2 heterocycles. The second-order valence-corrected chi connectivity index (χ2v) is 7.94. The molecule has 2 aromatic carbocycles. The predicted molar refractivity (Wildman–Crippen MR) is 121 cm³/mol. The summed E-state index contributed by atoms with van der Waals surface area (Å²) in [6, 6.07) is 12.9. The van der Waals surface area contributed by atoms with Gasteiger partial charge in [0.2, 0.25) is 5.91 Å². The first-order valence-electron chi connectivity index (χ1n) is 10.6. The Balaban J connectivity index is 1.55. The van der Waals surface area contributed by atoms with Crippen LogP contribution in [0.4, 0.5) is 13.2 Å². The number of nitrogens with zero attached hydrogens (tertiary/aromatic N) is 4. The fourth-order valence-electron chi connectivity index (χ4n) is 3.61. The molecule has 4 aromatic rings. The Kier molecular flexibility index (Phi) is 6.50. The first kappa shape index (κ1) is 23.9. The molecule has 1 N–H and O–H groups in total. The number of ketones is 1. The van der Waals surface area contributed by atoms with Gasteiger partial charge in [0.15, 0.2) is 11.4 Å². The molecular weight excluding hydrogens is 463 g/mol. The number of carbonyl (C=O) groups excluding carboxylic acids is 2. The summed E-state index contributed by atoms with van der Waals surface area (Å²) >= 11 is 0. The molecule has 0 aliphatic carbocycles. The number of benzene rings is 2. The van der Waals surface area contributed by atoms with Crippen molar-refractivity contribution in [1.82, 2.24) is 24.6 Å². The highest BCUT2D eigenvalue weighted by Crippen LogP contribution is 2.30. The summed E-state index contributed by atoms with van der Waals surface area (Å²) in [4.78, 5) is 41.6. The number of rotatable bonds is 7. The van der Waals surface area contributed by atoms with Gasteiger partial charge in [-0.1, -0.05) is 36.4 Å². The van der Waals surface area contributed by atoms with Crippen LogP contribution in [0.25, 0.3) is 16.7 Å². The lowest BCUT2D eigenvalue weighted by Crippen LogP contribution is -2.43. The molecule has 8 nitrogen and oxygen atoms in total. The quantitative estimate of drug-likeness (QED) is 0.436. The van der Waals surface area contributed by atoms with E-state index >= 15 is 0 Å². The summed E-state index contributed by atoms with van der Waals surface area (Å²) in [7, 11) is 0. The highest BCUT2D eigenvalue weighted by Gasteiger charge is 2.30. The van der Waals surface area contributed by atoms with Gasteiger partial charge in [-0.3, -0.25) is 19.0 Å². The Morgan fingerprint density at radius 2 is 1.83 bits per heavy atom. The molecule has 0 aliphatic rings. The van der Waals surface area contributed by atoms with E-state index in [4.69, 9.17) is 0 Å². The van der Waals surface area contributed by atoms with E-state index < -0.39 is 35.8 Å². The zero-order chi connectivity index (χ0) is 25.2. The van der Waals surface area contributed by atoms with Gasteiger partial charge in [-0.2, -0.15) is 18.3 Å². The molecule has 0 spiro atoms. The van der Waals surface area contributed by atoms with Crippen LogP contribution in [0, 0.1) is 0 Å². The summed E-state index contributed by atoms with van der Waals surface area (Å²) in [5.41, 5.74) is -0.445. The minimum absolute atomic E-state index is 0.0325. The summed E-state index contributed by atoms with van der Waals surface area (Å²) in [6.07, 6.45) is -1.92. The van der Waals surface area contributed by atoms with Crippen LogP contribution >= 0.6 is 0 Å². The average Bonchev–Trinajstić information content (AvgIpc) is 3.25. The van der Waals surface area contributed by atoms with Gasteiger partial charge >= 0.3 is 6.18 Å². The molecule has 1 unspecified atom stereocenters. The monoisotopic (exact) mass is 483 g/mol. The number of carbonyl (C=O) groups is 2. The van der Waals surface area contributed by atoms with Crippen molar-refractivity contribution in [2.45, 2.75) is 32.1 Å².